The van der Waals surface area contributed by atoms with Crippen molar-refractivity contribution in [2.24, 2.45) is 0 Å². The van der Waals surface area contributed by atoms with Crippen LogP contribution in [0.2, 0.25) is 0 Å². The van der Waals surface area contributed by atoms with Gasteiger partial charge in [-0.1, -0.05) is 12.1 Å². The fourth-order valence-electron chi connectivity index (χ4n) is 1.84. The summed E-state index contributed by atoms with van der Waals surface area (Å²) < 4.78 is 12.9. The molecule has 0 aliphatic carbocycles. The molecule has 1 unspecified atom stereocenters. The highest BCUT2D eigenvalue weighted by molar-refractivity contribution is 5.85. The minimum Gasteiger partial charge on any atom is -0.334 e. The number of nitrogens with one attached hydrogen (secondary N) is 3. The van der Waals surface area contributed by atoms with Crippen molar-refractivity contribution >= 4 is 18.4 Å². The van der Waals surface area contributed by atoms with Gasteiger partial charge in [-0.3, -0.25) is 0 Å². The van der Waals surface area contributed by atoms with Gasteiger partial charge in [0.15, 0.2) is 0 Å². The van der Waals surface area contributed by atoms with E-state index in [0.717, 1.165) is 25.1 Å². The Labute approximate surface area is 112 Å². The maximum Gasteiger partial charge on any atom is 0.315 e. The van der Waals surface area contributed by atoms with Crippen LogP contribution in [-0.4, -0.2) is 25.2 Å². The number of halogens is 2. The molecule has 1 atom stereocenters. The molecule has 6 heteroatoms. The minimum absolute atomic E-state index is 0. The molecule has 2 amide bonds. The van der Waals surface area contributed by atoms with Gasteiger partial charge < -0.3 is 16.0 Å². The van der Waals surface area contributed by atoms with Gasteiger partial charge in [-0.25, -0.2) is 9.18 Å². The number of benzene rings is 1. The van der Waals surface area contributed by atoms with Gasteiger partial charge in [0.05, 0.1) is 0 Å². The van der Waals surface area contributed by atoms with Gasteiger partial charge in [0.2, 0.25) is 0 Å². The van der Waals surface area contributed by atoms with Crippen molar-refractivity contribution in [2.75, 3.05) is 13.1 Å². The Morgan fingerprint density at radius 2 is 2.33 bits per heavy atom. The molecule has 3 N–H and O–H groups in total. The summed E-state index contributed by atoms with van der Waals surface area (Å²) in [6, 6.07) is 6.20. The Kier molecular flexibility index (Phi) is 5.88. The lowest BCUT2D eigenvalue weighted by atomic mass is 10.2. The molecule has 0 saturated carbocycles. The summed E-state index contributed by atoms with van der Waals surface area (Å²) in [5, 5.41) is 8.73. The molecule has 1 aliphatic heterocycles. The molecular weight excluding hydrogens is 257 g/mol. The lowest BCUT2D eigenvalue weighted by molar-refractivity contribution is 0.237. The molecule has 1 fully saturated rings. The quantitative estimate of drug-likeness (QED) is 0.780. The van der Waals surface area contributed by atoms with E-state index >= 15 is 0 Å². The highest BCUT2D eigenvalue weighted by atomic mass is 35.5. The van der Waals surface area contributed by atoms with E-state index in [2.05, 4.69) is 16.0 Å². The average Bonchev–Trinajstić information content (AvgIpc) is 2.79. The van der Waals surface area contributed by atoms with Crippen molar-refractivity contribution in [2.45, 2.75) is 19.0 Å². The summed E-state index contributed by atoms with van der Waals surface area (Å²) >= 11 is 0. The first kappa shape index (κ1) is 14.7. The van der Waals surface area contributed by atoms with E-state index in [4.69, 9.17) is 0 Å². The molecule has 0 bridgehead atoms. The molecule has 18 heavy (non-hydrogen) atoms. The zero-order valence-corrected chi connectivity index (χ0v) is 10.7. The summed E-state index contributed by atoms with van der Waals surface area (Å²) in [5.41, 5.74) is 0.754. The zero-order chi connectivity index (χ0) is 12.1. The van der Waals surface area contributed by atoms with Gasteiger partial charge in [-0.05, 0) is 30.7 Å². The first-order chi connectivity index (χ1) is 8.24. The number of urea groups is 1. The smallest absolute Gasteiger partial charge is 0.315 e. The van der Waals surface area contributed by atoms with Crippen LogP contribution in [0.1, 0.15) is 12.0 Å². The second-order valence-electron chi connectivity index (χ2n) is 4.15. The molecule has 0 radical (unpaired) electrons. The van der Waals surface area contributed by atoms with E-state index in [-0.39, 0.29) is 30.3 Å². The lowest BCUT2D eigenvalue weighted by Gasteiger charge is -2.12. The molecule has 100 valence electrons. The van der Waals surface area contributed by atoms with E-state index in [1.807, 2.05) is 0 Å². The van der Waals surface area contributed by atoms with E-state index in [1.54, 1.807) is 12.1 Å². The Bertz CT molecular complexity index is 397. The first-order valence-corrected chi connectivity index (χ1v) is 5.73. The Morgan fingerprint density at radius 3 is 3.00 bits per heavy atom. The topological polar surface area (TPSA) is 53.2 Å². The fourth-order valence-corrected chi connectivity index (χ4v) is 1.84. The lowest BCUT2D eigenvalue weighted by Crippen LogP contribution is -2.42. The highest BCUT2D eigenvalue weighted by Crippen LogP contribution is 2.03. The molecule has 1 aromatic carbocycles. The van der Waals surface area contributed by atoms with Gasteiger partial charge in [-0.2, -0.15) is 0 Å². The van der Waals surface area contributed by atoms with Crippen LogP contribution >= 0.6 is 12.4 Å². The highest BCUT2D eigenvalue weighted by Gasteiger charge is 2.15. The second kappa shape index (κ2) is 7.18. The summed E-state index contributed by atoms with van der Waals surface area (Å²) in [5.74, 6) is -0.287. The molecule has 1 saturated heterocycles. The SMILES string of the molecule is Cl.O=C(NCc1cccc(F)c1)NC1CCNC1. The van der Waals surface area contributed by atoms with Crippen LogP contribution in [0.5, 0.6) is 0 Å². The van der Waals surface area contributed by atoms with Gasteiger partial charge in [0.25, 0.3) is 0 Å². The molecular formula is C12H17ClFN3O. The second-order valence-corrected chi connectivity index (χ2v) is 4.15. The third-order valence-corrected chi connectivity index (χ3v) is 2.74. The summed E-state index contributed by atoms with van der Waals surface area (Å²) in [6.45, 7) is 2.09. The first-order valence-electron chi connectivity index (χ1n) is 5.73. The van der Waals surface area contributed by atoms with Crippen molar-refractivity contribution in [1.82, 2.24) is 16.0 Å². The van der Waals surface area contributed by atoms with Gasteiger partial charge in [-0.15, -0.1) is 12.4 Å². The van der Waals surface area contributed by atoms with Crippen molar-refractivity contribution < 1.29 is 9.18 Å². The Balaban J connectivity index is 0.00000162. The molecule has 1 heterocycles. The molecule has 4 nitrogen and oxygen atoms in total. The number of carbonyl (C=O) groups is 1. The largest absolute Gasteiger partial charge is 0.334 e. The molecule has 0 spiro atoms. The zero-order valence-electron chi connectivity index (χ0n) is 9.91. The maximum absolute atomic E-state index is 12.9. The van der Waals surface area contributed by atoms with Gasteiger partial charge in [0.1, 0.15) is 5.82 Å². The average molecular weight is 274 g/mol. The van der Waals surface area contributed by atoms with Crippen molar-refractivity contribution in [1.29, 1.82) is 0 Å². The normalized spacial score (nSPS) is 17.9. The van der Waals surface area contributed by atoms with Crippen LogP contribution in [0.15, 0.2) is 24.3 Å². The summed E-state index contributed by atoms with van der Waals surface area (Å²) in [6.07, 6.45) is 0.952. The molecule has 1 aliphatic rings. The molecule has 2 rings (SSSR count). The van der Waals surface area contributed by atoms with E-state index in [0.29, 0.717) is 6.54 Å². The third-order valence-electron chi connectivity index (χ3n) is 2.74. The number of amides is 2. The van der Waals surface area contributed by atoms with E-state index < -0.39 is 0 Å². The number of carbonyl (C=O) groups excluding carboxylic acids is 1. The minimum atomic E-state index is -0.287. The number of rotatable bonds is 3. The van der Waals surface area contributed by atoms with Crippen LogP contribution in [0, 0.1) is 5.82 Å². The number of hydrogen-bond acceptors (Lipinski definition) is 2. The summed E-state index contributed by atoms with van der Waals surface area (Å²) in [7, 11) is 0. The maximum atomic E-state index is 12.9. The van der Waals surface area contributed by atoms with Crippen LogP contribution in [0.4, 0.5) is 9.18 Å². The van der Waals surface area contributed by atoms with Crippen molar-refractivity contribution in [3.8, 4) is 0 Å². The predicted molar refractivity (Wildman–Crippen MR) is 70.3 cm³/mol. The Hall–Kier alpha value is -1.33. The standard InChI is InChI=1S/C12H16FN3O.ClH/c13-10-3-1-2-9(6-10)7-15-12(17)16-11-4-5-14-8-11;/h1-3,6,11,14H,4-5,7-8H2,(H2,15,16,17);1H. The predicted octanol–water partition coefficient (Wildman–Crippen LogP) is 1.41. The third kappa shape index (κ3) is 4.50. The van der Waals surface area contributed by atoms with Gasteiger partial charge in [0, 0.05) is 19.1 Å². The van der Waals surface area contributed by atoms with Crippen LogP contribution < -0.4 is 16.0 Å². The van der Waals surface area contributed by atoms with Crippen LogP contribution in [0.3, 0.4) is 0 Å². The van der Waals surface area contributed by atoms with Crippen molar-refractivity contribution in [3.05, 3.63) is 35.6 Å². The van der Waals surface area contributed by atoms with E-state index in [1.165, 1.54) is 12.1 Å². The van der Waals surface area contributed by atoms with Crippen LogP contribution in [-0.2, 0) is 6.54 Å². The van der Waals surface area contributed by atoms with Crippen LogP contribution in [0.25, 0.3) is 0 Å². The summed E-state index contributed by atoms with van der Waals surface area (Å²) in [4.78, 5) is 11.5. The molecule has 0 aromatic heterocycles. The van der Waals surface area contributed by atoms with E-state index in [9.17, 15) is 9.18 Å². The van der Waals surface area contributed by atoms with Gasteiger partial charge >= 0.3 is 6.03 Å². The van der Waals surface area contributed by atoms with Crippen molar-refractivity contribution in [3.63, 3.8) is 0 Å². The molecule has 1 aromatic rings. The monoisotopic (exact) mass is 273 g/mol. The Morgan fingerprint density at radius 1 is 1.50 bits per heavy atom. The fraction of sp³-hybridized carbons (Fsp3) is 0.417. The number of hydrogen-bond donors (Lipinski definition) is 3.